The Hall–Kier alpha value is -0.790. The number of benzene rings is 1. The van der Waals surface area contributed by atoms with Crippen molar-refractivity contribution in [2.45, 2.75) is 6.92 Å². The molecule has 15 heavy (non-hydrogen) atoms. The fourth-order valence-corrected chi connectivity index (χ4v) is 1.44. The molecule has 0 radical (unpaired) electrons. The van der Waals surface area contributed by atoms with E-state index in [0.29, 0.717) is 15.8 Å². The Bertz CT molecular complexity index is 434. The normalized spacial score (nSPS) is 9.27. The highest BCUT2D eigenvalue weighted by Gasteiger charge is 1.97. The van der Waals surface area contributed by atoms with E-state index in [0.717, 1.165) is 11.8 Å². The van der Waals surface area contributed by atoms with Gasteiger partial charge in [-0.1, -0.05) is 23.6 Å². The summed E-state index contributed by atoms with van der Waals surface area (Å²) in [6, 6.07) is 4.69. The number of rotatable bonds is 1. The maximum atomic E-state index is 13.0. The van der Waals surface area contributed by atoms with E-state index >= 15 is 0 Å². The summed E-state index contributed by atoms with van der Waals surface area (Å²) in [5, 5.41) is 0.0336. The van der Waals surface area contributed by atoms with Crippen LogP contribution >= 0.6 is 27.7 Å². The van der Waals surface area contributed by atoms with Crippen LogP contribution in [0.3, 0.4) is 0 Å². The van der Waals surface area contributed by atoms with Crippen molar-refractivity contribution in [3.05, 3.63) is 34.1 Å². The highest BCUT2D eigenvalue weighted by Crippen LogP contribution is 2.15. The Labute approximate surface area is 101 Å². The average molecular weight is 287 g/mol. The number of carbonyl (C=O) groups is 1. The molecule has 0 N–H and O–H groups in total. The minimum atomic E-state index is -0.332. The smallest absolute Gasteiger partial charge is 0.186 e. The molecule has 0 spiro atoms. The van der Waals surface area contributed by atoms with Gasteiger partial charge in [-0.2, -0.15) is 0 Å². The molecule has 1 nitrogen and oxygen atoms in total. The van der Waals surface area contributed by atoms with Gasteiger partial charge >= 0.3 is 0 Å². The first kappa shape index (κ1) is 12.3. The largest absolute Gasteiger partial charge is 0.288 e. The molecule has 0 unspecified atom stereocenters. The molecule has 1 aromatic carbocycles. The van der Waals surface area contributed by atoms with Crippen LogP contribution in [-0.2, 0) is 4.79 Å². The van der Waals surface area contributed by atoms with Crippen molar-refractivity contribution in [1.29, 1.82) is 0 Å². The first-order valence-electron chi connectivity index (χ1n) is 4.17. The van der Waals surface area contributed by atoms with E-state index in [2.05, 4.69) is 27.8 Å². The Kier molecular flexibility index (Phi) is 4.86. The summed E-state index contributed by atoms with van der Waals surface area (Å²) in [6.07, 6.45) is 0. The van der Waals surface area contributed by atoms with E-state index in [1.165, 1.54) is 13.0 Å². The highest BCUT2D eigenvalue weighted by atomic mass is 79.9. The van der Waals surface area contributed by atoms with Gasteiger partial charge in [0.05, 0.1) is 10.2 Å². The molecule has 1 rings (SSSR count). The van der Waals surface area contributed by atoms with Gasteiger partial charge in [-0.3, -0.25) is 4.79 Å². The second-order valence-corrected chi connectivity index (χ2v) is 4.72. The summed E-state index contributed by atoms with van der Waals surface area (Å²) in [7, 11) is 0. The van der Waals surface area contributed by atoms with Crippen molar-refractivity contribution in [3.8, 4) is 11.8 Å². The third-order valence-electron chi connectivity index (χ3n) is 1.50. The lowest BCUT2D eigenvalue weighted by molar-refractivity contribution is -0.109. The Morgan fingerprint density at radius 3 is 2.93 bits per heavy atom. The lowest BCUT2D eigenvalue weighted by Gasteiger charge is -1.93. The Morgan fingerprint density at radius 1 is 1.60 bits per heavy atom. The van der Waals surface area contributed by atoms with E-state index in [1.807, 2.05) is 0 Å². The Balaban J connectivity index is 2.64. The summed E-state index contributed by atoms with van der Waals surface area (Å²) in [4.78, 5) is 10.6. The van der Waals surface area contributed by atoms with Crippen molar-refractivity contribution in [2.24, 2.45) is 0 Å². The number of carbonyl (C=O) groups excluding carboxylic acids is 1. The monoisotopic (exact) mass is 286 g/mol. The van der Waals surface area contributed by atoms with Gasteiger partial charge in [0, 0.05) is 12.5 Å². The summed E-state index contributed by atoms with van der Waals surface area (Å²) in [6.45, 7) is 1.49. The predicted molar refractivity (Wildman–Crippen MR) is 64.1 cm³/mol. The van der Waals surface area contributed by atoms with Crippen LogP contribution in [0.25, 0.3) is 0 Å². The van der Waals surface area contributed by atoms with Crippen LogP contribution in [0, 0.1) is 17.7 Å². The second kappa shape index (κ2) is 5.94. The quantitative estimate of drug-likeness (QED) is 0.738. The topological polar surface area (TPSA) is 17.1 Å². The van der Waals surface area contributed by atoms with Gasteiger partial charge in [0.25, 0.3) is 0 Å². The van der Waals surface area contributed by atoms with Gasteiger partial charge in [0.1, 0.15) is 5.82 Å². The summed E-state index contributed by atoms with van der Waals surface area (Å²) in [5.74, 6) is 5.68. The second-order valence-electron chi connectivity index (χ2n) is 2.71. The van der Waals surface area contributed by atoms with E-state index in [-0.39, 0.29) is 10.9 Å². The van der Waals surface area contributed by atoms with E-state index in [1.54, 1.807) is 12.1 Å². The number of hydrogen-bond donors (Lipinski definition) is 0. The molecule has 0 bridgehead atoms. The molecule has 0 aliphatic carbocycles. The third kappa shape index (κ3) is 4.50. The van der Waals surface area contributed by atoms with Crippen molar-refractivity contribution in [1.82, 2.24) is 0 Å². The van der Waals surface area contributed by atoms with Gasteiger partial charge in [0.2, 0.25) is 0 Å². The summed E-state index contributed by atoms with van der Waals surface area (Å²) < 4.78 is 13.5. The van der Waals surface area contributed by atoms with Gasteiger partial charge in [-0.15, -0.1) is 0 Å². The lowest BCUT2D eigenvalue weighted by Crippen LogP contribution is -1.83. The van der Waals surface area contributed by atoms with Crippen molar-refractivity contribution < 1.29 is 9.18 Å². The van der Waals surface area contributed by atoms with Crippen LogP contribution in [0.15, 0.2) is 22.7 Å². The number of thioether (sulfide) groups is 1. The molecule has 4 heteroatoms. The standard InChI is InChI=1S/C11H8BrFOS/c1-8(14)15-6-2-3-9-4-5-10(12)11(13)7-9/h4-5,7H,6H2,1H3. The van der Waals surface area contributed by atoms with E-state index in [4.69, 9.17) is 0 Å². The first-order chi connectivity index (χ1) is 7.09. The van der Waals surface area contributed by atoms with Crippen LogP contribution in [0.5, 0.6) is 0 Å². The number of hydrogen-bond acceptors (Lipinski definition) is 2. The van der Waals surface area contributed by atoms with Crippen molar-refractivity contribution >= 4 is 32.8 Å². The van der Waals surface area contributed by atoms with Gasteiger partial charge in [0.15, 0.2) is 5.12 Å². The van der Waals surface area contributed by atoms with Crippen LogP contribution < -0.4 is 0 Å². The summed E-state index contributed by atoms with van der Waals surface area (Å²) >= 11 is 4.20. The van der Waals surface area contributed by atoms with Crippen LogP contribution in [0.4, 0.5) is 4.39 Å². The zero-order valence-electron chi connectivity index (χ0n) is 8.01. The molecule has 78 valence electrons. The van der Waals surface area contributed by atoms with Gasteiger partial charge in [-0.05, 0) is 34.1 Å². The van der Waals surface area contributed by atoms with Gasteiger partial charge < -0.3 is 0 Å². The average Bonchev–Trinajstić information content (AvgIpc) is 2.18. The molecule has 0 aliphatic heterocycles. The predicted octanol–water partition coefficient (Wildman–Crippen LogP) is 3.22. The molecule has 0 saturated carbocycles. The molecular formula is C11H8BrFOS. The Morgan fingerprint density at radius 2 is 2.33 bits per heavy atom. The zero-order chi connectivity index (χ0) is 11.3. The molecular weight excluding hydrogens is 279 g/mol. The number of halogens is 2. The maximum Gasteiger partial charge on any atom is 0.186 e. The summed E-state index contributed by atoms with van der Waals surface area (Å²) in [5.41, 5.74) is 0.611. The maximum absolute atomic E-state index is 13.0. The van der Waals surface area contributed by atoms with Crippen molar-refractivity contribution in [2.75, 3.05) is 5.75 Å². The fourth-order valence-electron chi connectivity index (χ4n) is 0.850. The molecule has 0 atom stereocenters. The van der Waals surface area contributed by atoms with Crippen molar-refractivity contribution in [3.63, 3.8) is 0 Å². The highest BCUT2D eigenvalue weighted by molar-refractivity contribution is 9.10. The minimum Gasteiger partial charge on any atom is -0.288 e. The molecule has 0 aliphatic rings. The lowest BCUT2D eigenvalue weighted by atomic mass is 10.2. The molecule has 1 aromatic rings. The van der Waals surface area contributed by atoms with E-state index in [9.17, 15) is 9.18 Å². The zero-order valence-corrected chi connectivity index (χ0v) is 10.4. The third-order valence-corrected chi connectivity index (χ3v) is 2.84. The van der Waals surface area contributed by atoms with E-state index < -0.39 is 0 Å². The minimum absolute atomic E-state index is 0.0336. The van der Waals surface area contributed by atoms with Crippen LogP contribution in [0.1, 0.15) is 12.5 Å². The van der Waals surface area contributed by atoms with Crippen LogP contribution in [-0.4, -0.2) is 10.9 Å². The van der Waals surface area contributed by atoms with Gasteiger partial charge in [-0.25, -0.2) is 4.39 Å². The van der Waals surface area contributed by atoms with Crippen LogP contribution in [0.2, 0.25) is 0 Å². The molecule has 0 saturated heterocycles. The first-order valence-corrected chi connectivity index (χ1v) is 5.95. The fraction of sp³-hybridized carbons (Fsp3) is 0.182. The molecule has 0 heterocycles. The molecule has 0 aromatic heterocycles. The molecule has 0 amide bonds. The molecule has 0 fully saturated rings. The SMILES string of the molecule is CC(=O)SCC#Cc1ccc(Br)c(F)c1.